The molecule has 1 unspecified atom stereocenters. The van der Waals surface area contributed by atoms with E-state index >= 15 is 0 Å². The number of hydrogen-bond donors (Lipinski definition) is 1. The molecule has 0 radical (unpaired) electrons. The highest BCUT2D eigenvalue weighted by molar-refractivity contribution is 5.47. The van der Waals surface area contributed by atoms with Gasteiger partial charge in [0.2, 0.25) is 0 Å². The fourth-order valence-corrected chi connectivity index (χ4v) is 2.00. The zero-order valence-corrected chi connectivity index (χ0v) is 8.78. The second-order valence-corrected chi connectivity index (χ2v) is 4.13. The summed E-state index contributed by atoms with van der Waals surface area (Å²) in [4.78, 5) is 6.16. The van der Waals surface area contributed by atoms with Crippen LogP contribution in [0, 0.1) is 11.7 Å². The average Bonchev–Trinajstić information content (AvgIpc) is 2.64. The first-order chi connectivity index (χ1) is 7.20. The van der Waals surface area contributed by atoms with Crippen LogP contribution in [0.25, 0.3) is 0 Å². The van der Waals surface area contributed by atoms with Crippen LogP contribution in [0.15, 0.2) is 12.3 Å². The molecule has 1 N–H and O–H groups in total. The Hall–Kier alpha value is -1.16. The van der Waals surface area contributed by atoms with E-state index in [-0.39, 0.29) is 6.61 Å². The summed E-state index contributed by atoms with van der Waals surface area (Å²) in [6, 6.07) is 1.35. The van der Waals surface area contributed by atoms with Gasteiger partial charge in [-0.25, -0.2) is 9.37 Å². The van der Waals surface area contributed by atoms with Crippen LogP contribution >= 0.6 is 0 Å². The minimum atomic E-state index is -0.393. The van der Waals surface area contributed by atoms with Crippen LogP contribution in [-0.2, 0) is 6.61 Å². The van der Waals surface area contributed by atoms with Gasteiger partial charge >= 0.3 is 0 Å². The average molecular weight is 210 g/mol. The number of nitrogens with zero attached hydrogens (tertiary/aromatic N) is 2. The largest absolute Gasteiger partial charge is 0.392 e. The molecule has 82 valence electrons. The van der Waals surface area contributed by atoms with Gasteiger partial charge in [0, 0.05) is 18.7 Å². The summed E-state index contributed by atoms with van der Waals surface area (Å²) in [7, 11) is 0. The Morgan fingerprint density at radius 2 is 2.47 bits per heavy atom. The Balaban J connectivity index is 2.27. The molecule has 15 heavy (non-hydrogen) atoms. The van der Waals surface area contributed by atoms with E-state index in [1.165, 1.54) is 12.3 Å². The fourth-order valence-electron chi connectivity index (χ4n) is 2.00. The van der Waals surface area contributed by atoms with Crippen molar-refractivity contribution in [3.8, 4) is 0 Å². The molecular weight excluding hydrogens is 195 g/mol. The van der Waals surface area contributed by atoms with E-state index in [0.717, 1.165) is 25.3 Å². The molecule has 1 aliphatic heterocycles. The Bertz CT molecular complexity index is 356. The molecular formula is C11H15FN2O. The molecule has 3 nitrogen and oxygen atoms in total. The van der Waals surface area contributed by atoms with Gasteiger partial charge < -0.3 is 10.0 Å². The van der Waals surface area contributed by atoms with Gasteiger partial charge in [-0.1, -0.05) is 6.92 Å². The van der Waals surface area contributed by atoms with Gasteiger partial charge in [-0.3, -0.25) is 0 Å². The number of aliphatic hydroxyl groups is 1. The lowest BCUT2D eigenvalue weighted by Crippen LogP contribution is -2.22. The predicted octanol–water partition coefficient (Wildman–Crippen LogP) is 1.56. The quantitative estimate of drug-likeness (QED) is 0.804. The third-order valence-corrected chi connectivity index (χ3v) is 2.80. The SMILES string of the molecule is CC1CCN(c2ncc(F)cc2CO)C1. The van der Waals surface area contributed by atoms with Crippen molar-refractivity contribution in [1.82, 2.24) is 4.98 Å². The molecule has 0 aliphatic carbocycles. The highest BCUT2D eigenvalue weighted by Gasteiger charge is 2.21. The topological polar surface area (TPSA) is 36.4 Å². The zero-order chi connectivity index (χ0) is 10.8. The second-order valence-electron chi connectivity index (χ2n) is 4.13. The summed E-state index contributed by atoms with van der Waals surface area (Å²) in [5.41, 5.74) is 0.573. The van der Waals surface area contributed by atoms with Crippen LogP contribution in [0.5, 0.6) is 0 Å². The molecule has 1 atom stereocenters. The molecule has 0 saturated carbocycles. The van der Waals surface area contributed by atoms with Gasteiger partial charge in [-0.2, -0.15) is 0 Å². The summed E-state index contributed by atoms with van der Waals surface area (Å²) in [5, 5.41) is 9.14. The predicted molar refractivity (Wildman–Crippen MR) is 56.1 cm³/mol. The van der Waals surface area contributed by atoms with Crippen molar-refractivity contribution in [3.05, 3.63) is 23.6 Å². The van der Waals surface area contributed by atoms with Crippen molar-refractivity contribution in [3.63, 3.8) is 0 Å². The van der Waals surface area contributed by atoms with Gasteiger partial charge in [0.25, 0.3) is 0 Å². The number of anilines is 1. The molecule has 0 aromatic carbocycles. The van der Waals surface area contributed by atoms with Crippen LogP contribution in [0.4, 0.5) is 10.2 Å². The van der Waals surface area contributed by atoms with Crippen LogP contribution in [0.2, 0.25) is 0 Å². The lowest BCUT2D eigenvalue weighted by atomic mass is 10.2. The molecule has 0 bridgehead atoms. The molecule has 4 heteroatoms. The normalized spacial score (nSPS) is 21.0. The lowest BCUT2D eigenvalue weighted by molar-refractivity contribution is 0.281. The number of halogens is 1. The molecule has 1 aliphatic rings. The van der Waals surface area contributed by atoms with Gasteiger partial charge in [-0.05, 0) is 18.4 Å². The lowest BCUT2D eigenvalue weighted by Gasteiger charge is -2.19. The molecule has 1 aromatic heterocycles. The molecule has 2 rings (SSSR count). The Morgan fingerprint density at radius 3 is 3.07 bits per heavy atom. The smallest absolute Gasteiger partial charge is 0.142 e. The van der Waals surface area contributed by atoms with Gasteiger partial charge in [-0.15, -0.1) is 0 Å². The van der Waals surface area contributed by atoms with Crippen LogP contribution < -0.4 is 4.90 Å². The van der Waals surface area contributed by atoms with Crippen molar-refractivity contribution in [2.75, 3.05) is 18.0 Å². The first-order valence-electron chi connectivity index (χ1n) is 5.21. The molecule has 0 amide bonds. The summed E-state index contributed by atoms with van der Waals surface area (Å²) in [5.74, 6) is 0.974. The van der Waals surface area contributed by atoms with E-state index in [0.29, 0.717) is 11.5 Å². The maximum atomic E-state index is 12.9. The first-order valence-corrected chi connectivity index (χ1v) is 5.21. The van der Waals surface area contributed by atoms with Gasteiger partial charge in [0.15, 0.2) is 0 Å². The third kappa shape index (κ3) is 2.09. The number of aromatic nitrogens is 1. The van der Waals surface area contributed by atoms with E-state index < -0.39 is 5.82 Å². The third-order valence-electron chi connectivity index (χ3n) is 2.80. The second kappa shape index (κ2) is 4.14. The Kier molecular flexibility index (Phi) is 2.86. The highest BCUT2D eigenvalue weighted by Crippen LogP contribution is 2.25. The van der Waals surface area contributed by atoms with E-state index in [1.54, 1.807) is 0 Å². The van der Waals surface area contributed by atoms with E-state index in [2.05, 4.69) is 16.8 Å². The minimum Gasteiger partial charge on any atom is -0.392 e. The number of aliphatic hydroxyl groups excluding tert-OH is 1. The van der Waals surface area contributed by atoms with Crippen molar-refractivity contribution in [2.24, 2.45) is 5.92 Å². The molecule has 1 aromatic rings. The fraction of sp³-hybridized carbons (Fsp3) is 0.545. The van der Waals surface area contributed by atoms with Crippen molar-refractivity contribution >= 4 is 5.82 Å². The monoisotopic (exact) mass is 210 g/mol. The summed E-state index contributed by atoms with van der Waals surface area (Å²) >= 11 is 0. The summed E-state index contributed by atoms with van der Waals surface area (Å²) < 4.78 is 12.9. The van der Waals surface area contributed by atoms with Crippen molar-refractivity contribution in [2.45, 2.75) is 20.0 Å². The Morgan fingerprint density at radius 1 is 1.67 bits per heavy atom. The molecule has 2 heterocycles. The number of rotatable bonds is 2. The number of pyridine rings is 1. The van der Waals surface area contributed by atoms with Crippen LogP contribution in [-0.4, -0.2) is 23.2 Å². The Labute approximate surface area is 88.6 Å². The van der Waals surface area contributed by atoms with Crippen molar-refractivity contribution in [1.29, 1.82) is 0 Å². The number of hydrogen-bond acceptors (Lipinski definition) is 3. The van der Waals surface area contributed by atoms with Crippen LogP contribution in [0.3, 0.4) is 0 Å². The summed E-state index contributed by atoms with van der Waals surface area (Å²) in [6.07, 6.45) is 2.33. The van der Waals surface area contributed by atoms with Gasteiger partial charge in [0.05, 0.1) is 12.8 Å². The summed E-state index contributed by atoms with van der Waals surface area (Å²) in [6.45, 7) is 3.89. The molecule has 1 saturated heterocycles. The van der Waals surface area contributed by atoms with Crippen molar-refractivity contribution < 1.29 is 9.50 Å². The van der Waals surface area contributed by atoms with E-state index in [1.807, 2.05) is 0 Å². The van der Waals surface area contributed by atoms with E-state index in [4.69, 9.17) is 5.11 Å². The standard InChI is InChI=1S/C11H15FN2O/c1-8-2-3-14(6-8)11-9(7-15)4-10(12)5-13-11/h4-5,8,15H,2-3,6-7H2,1H3. The first kappa shape index (κ1) is 10.4. The zero-order valence-electron chi connectivity index (χ0n) is 8.78. The maximum absolute atomic E-state index is 12.9. The molecule has 1 fully saturated rings. The highest BCUT2D eigenvalue weighted by atomic mass is 19.1. The molecule has 0 spiro atoms. The van der Waals surface area contributed by atoms with Crippen LogP contribution in [0.1, 0.15) is 18.9 Å². The van der Waals surface area contributed by atoms with E-state index in [9.17, 15) is 4.39 Å². The van der Waals surface area contributed by atoms with Gasteiger partial charge in [0.1, 0.15) is 11.6 Å². The minimum absolute atomic E-state index is 0.162. The maximum Gasteiger partial charge on any atom is 0.142 e.